The van der Waals surface area contributed by atoms with Crippen molar-refractivity contribution in [1.29, 1.82) is 0 Å². The van der Waals surface area contributed by atoms with Gasteiger partial charge in [-0.05, 0) is 31.4 Å². The molecule has 0 spiro atoms. The Labute approximate surface area is 205 Å². The molecule has 1 N–H and O–H groups in total. The topological polar surface area (TPSA) is 99.3 Å². The van der Waals surface area contributed by atoms with Gasteiger partial charge in [-0.15, -0.1) is 0 Å². The van der Waals surface area contributed by atoms with Crippen LogP contribution in [0.2, 0.25) is 0 Å². The maximum atomic E-state index is 14.1. The van der Waals surface area contributed by atoms with Crippen molar-refractivity contribution in [3.05, 3.63) is 30.1 Å². The first-order valence-electron chi connectivity index (χ1n) is 12.5. The number of hydrogen-bond acceptors (Lipinski definition) is 7. The summed E-state index contributed by atoms with van der Waals surface area (Å²) in [7, 11) is -3.51. The molecule has 3 aliphatic heterocycles. The third kappa shape index (κ3) is 4.83. The van der Waals surface area contributed by atoms with E-state index in [1.807, 2.05) is 4.90 Å². The molecule has 1 saturated carbocycles. The molecule has 9 nitrogen and oxygen atoms in total. The molecule has 4 aliphatic rings. The van der Waals surface area contributed by atoms with Crippen LogP contribution in [0.5, 0.6) is 0 Å². The molecule has 0 aromatic heterocycles. The predicted molar refractivity (Wildman–Crippen MR) is 128 cm³/mol. The van der Waals surface area contributed by atoms with Crippen LogP contribution in [0.15, 0.2) is 24.3 Å². The van der Waals surface area contributed by atoms with E-state index in [2.05, 4.69) is 5.32 Å². The van der Waals surface area contributed by atoms with Crippen LogP contribution in [0, 0.1) is 17.7 Å². The van der Waals surface area contributed by atoms with Crippen molar-refractivity contribution in [3.63, 3.8) is 0 Å². The first-order valence-corrected chi connectivity index (χ1v) is 14.0. The second-order valence-corrected chi connectivity index (χ2v) is 12.0. The fourth-order valence-corrected chi connectivity index (χ4v) is 7.87. The van der Waals surface area contributed by atoms with Crippen LogP contribution in [0.1, 0.15) is 19.3 Å². The number of ketones is 1. The SMILES string of the molecule is O=C1C(C(=O)N2CCN(c3ccccc3F)CC2)CNC2CCC(S(=O)(=O)N3CCOCC3)CC12. The Balaban J connectivity index is 1.22. The van der Waals surface area contributed by atoms with Gasteiger partial charge in [-0.25, -0.2) is 12.8 Å². The number of amides is 1. The molecule has 192 valence electrons. The molecule has 4 unspecified atom stereocenters. The minimum Gasteiger partial charge on any atom is -0.379 e. The number of anilines is 1. The Bertz CT molecular complexity index is 1060. The zero-order valence-corrected chi connectivity index (χ0v) is 20.6. The molecule has 11 heteroatoms. The number of piperazine rings is 1. The average Bonchev–Trinajstić information content (AvgIpc) is 2.89. The Morgan fingerprint density at radius 3 is 2.46 bits per heavy atom. The summed E-state index contributed by atoms with van der Waals surface area (Å²) >= 11 is 0. The molecule has 0 radical (unpaired) electrons. The van der Waals surface area contributed by atoms with Gasteiger partial charge < -0.3 is 19.9 Å². The highest BCUT2D eigenvalue weighted by molar-refractivity contribution is 7.89. The summed E-state index contributed by atoms with van der Waals surface area (Å²) in [6.07, 6.45) is 1.37. The molecule has 4 atom stereocenters. The van der Waals surface area contributed by atoms with Gasteiger partial charge in [-0.3, -0.25) is 9.59 Å². The van der Waals surface area contributed by atoms with Gasteiger partial charge >= 0.3 is 0 Å². The molecular formula is C24H33FN4O5S. The van der Waals surface area contributed by atoms with Crippen molar-refractivity contribution in [3.8, 4) is 0 Å². The first-order chi connectivity index (χ1) is 16.9. The van der Waals surface area contributed by atoms with Gasteiger partial charge in [0.25, 0.3) is 0 Å². The third-order valence-corrected chi connectivity index (χ3v) is 10.3. The number of carbonyl (C=O) groups is 2. The van der Waals surface area contributed by atoms with Crippen molar-refractivity contribution >= 4 is 27.4 Å². The fourth-order valence-electron chi connectivity index (χ4n) is 5.91. The lowest BCUT2D eigenvalue weighted by Crippen LogP contribution is -2.60. The highest BCUT2D eigenvalue weighted by atomic mass is 32.2. The molecule has 1 amide bonds. The zero-order valence-electron chi connectivity index (χ0n) is 19.8. The summed E-state index contributed by atoms with van der Waals surface area (Å²) < 4.78 is 47.3. The summed E-state index contributed by atoms with van der Waals surface area (Å²) in [5.74, 6) is -1.93. The minimum absolute atomic E-state index is 0.0828. The molecule has 5 rings (SSSR count). The van der Waals surface area contributed by atoms with E-state index in [4.69, 9.17) is 4.74 Å². The summed E-state index contributed by atoms with van der Waals surface area (Å²) in [4.78, 5) is 30.4. The van der Waals surface area contributed by atoms with Gasteiger partial charge in [0.05, 0.1) is 24.2 Å². The number of carbonyl (C=O) groups excluding carboxylic acids is 2. The lowest BCUT2D eigenvalue weighted by Gasteiger charge is -2.43. The second-order valence-electron chi connectivity index (χ2n) is 9.83. The molecule has 1 aromatic carbocycles. The van der Waals surface area contributed by atoms with E-state index in [9.17, 15) is 22.4 Å². The molecule has 4 fully saturated rings. The second kappa shape index (κ2) is 10.1. The number of piperidine rings is 1. The zero-order chi connectivity index (χ0) is 24.6. The van der Waals surface area contributed by atoms with Crippen molar-refractivity contribution < 1.29 is 27.1 Å². The molecule has 1 aliphatic carbocycles. The smallest absolute Gasteiger partial charge is 0.234 e. The van der Waals surface area contributed by atoms with E-state index in [1.165, 1.54) is 10.4 Å². The lowest BCUT2D eigenvalue weighted by atomic mass is 9.74. The van der Waals surface area contributed by atoms with E-state index >= 15 is 0 Å². The van der Waals surface area contributed by atoms with Crippen LogP contribution in [-0.4, -0.2) is 99.6 Å². The van der Waals surface area contributed by atoms with Gasteiger partial charge in [0.2, 0.25) is 15.9 Å². The molecule has 0 bridgehead atoms. The molecule has 35 heavy (non-hydrogen) atoms. The number of nitrogens with zero attached hydrogens (tertiary/aromatic N) is 3. The van der Waals surface area contributed by atoms with E-state index in [0.717, 1.165) is 0 Å². The number of benzene rings is 1. The van der Waals surface area contributed by atoms with Crippen LogP contribution in [0.4, 0.5) is 10.1 Å². The number of para-hydroxylation sites is 1. The number of sulfonamides is 1. The number of Topliss-reactive ketones (excluding diaryl/α,β-unsaturated/α-hetero) is 1. The molecule has 1 aromatic rings. The summed E-state index contributed by atoms with van der Waals surface area (Å²) in [5.41, 5.74) is 0.521. The van der Waals surface area contributed by atoms with Crippen LogP contribution >= 0.6 is 0 Å². The number of halogens is 1. The maximum Gasteiger partial charge on any atom is 0.234 e. The monoisotopic (exact) mass is 508 g/mol. The van der Waals surface area contributed by atoms with Crippen LogP contribution in [0.3, 0.4) is 0 Å². The Kier molecular flexibility index (Phi) is 7.11. The highest BCUT2D eigenvalue weighted by Crippen LogP contribution is 2.35. The Hall–Kier alpha value is -2.08. The fraction of sp³-hybridized carbons (Fsp3) is 0.667. The molecule has 3 heterocycles. The van der Waals surface area contributed by atoms with Crippen molar-refractivity contribution in [1.82, 2.24) is 14.5 Å². The van der Waals surface area contributed by atoms with E-state index < -0.39 is 27.1 Å². The normalized spacial score (nSPS) is 30.7. The summed E-state index contributed by atoms with van der Waals surface area (Å²) in [6, 6.07) is 6.50. The van der Waals surface area contributed by atoms with E-state index in [0.29, 0.717) is 71.0 Å². The van der Waals surface area contributed by atoms with Crippen molar-refractivity contribution in [2.45, 2.75) is 30.6 Å². The van der Waals surface area contributed by atoms with Gasteiger partial charge in [-0.2, -0.15) is 4.31 Å². The third-order valence-electron chi connectivity index (χ3n) is 7.93. The number of morpholine rings is 1. The highest BCUT2D eigenvalue weighted by Gasteiger charge is 2.48. The van der Waals surface area contributed by atoms with E-state index in [1.54, 1.807) is 23.1 Å². The van der Waals surface area contributed by atoms with E-state index in [-0.39, 0.29) is 36.5 Å². The van der Waals surface area contributed by atoms with Crippen molar-refractivity contribution in [2.75, 3.05) is 63.9 Å². The van der Waals surface area contributed by atoms with Crippen LogP contribution < -0.4 is 10.2 Å². The number of hydrogen-bond donors (Lipinski definition) is 1. The molecular weight excluding hydrogens is 475 g/mol. The number of ether oxygens (including phenoxy) is 1. The number of nitrogens with one attached hydrogen (secondary N) is 1. The van der Waals surface area contributed by atoms with Gasteiger partial charge in [-0.1, -0.05) is 12.1 Å². The van der Waals surface area contributed by atoms with Crippen LogP contribution in [0.25, 0.3) is 0 Å². The first kappa shape index (κ1) is 24.6. The summed E-state index contributed by atoms with van der Waals surface area (Å²) in [6.45, 7) is 3.57. The molecule has 3 saturated heterocycles. The van der Waals surface area contributed by atoms with Gasteiger partial charge in [0.1, 0.15) is 11.7 Å². The minimum atomic E-state index is -3.51. The largest absolute Gasteiger partial charge is 0.379 e. The number of rotatable bonds is 4. The Morgan fingerprint density at radius 1 is 1.03 bits per heavy atom. The van der Waals surface area contributed by atoms with Gasteiger partial charge in [0.15, 0.2) is 5.78 Å². The quantitative estimate of drug-likeness (QED) is 0.590. The van der Waals surface area contributed by atoms with Crippen LogP contribution in [-0.2, 0) is 24.3 Å². The lowest BCUT2D eigenvalue weighted by molar-refractivity contribution is -0.145. The summed E-state index contributed by atoms with van der Waals surface area (Å²) in [5, 5.41) is 2.75. The van der Waals surface area contributed by atoms with Crippen molar-refractivity contribution in [2.24, 2.45) is 11.8 Å². The maximum absolute atomic E-state index is 14.1. The Morgan fingerprint density at radius 2 is 1.74 bits per heavy atom. The van der Waals surface area contributed by atoms with Gasteiger partial charge in [0, 0.05) is 57.8 Å². The predicted octanol–water partition coefficient (Wildman–Crippen LogP) is 0.462. The average molecular weight is 509 g/mol. The standard InChI is InChI=1S/C24H33FN4O5S/c25-20-3-1-2-4-22(20)27-7-9-28(10-8-27)24(31)19-16-26-21-6-5-17(15-18(21)23(19)30)35(32,33)29-11-13-34-14-12-29/h1-4,17-19,21,26H,5-16H2. The number of fused-ring (bicyclic) bond motifs is 1.